The molecule has 192 valence electrons. The zero-order chi connectivity index (χ0) is 25.4. The first-order chi connectivity index (χ1) is 18.1. The smallest absolute Gasteiger partial charge is 0.226 e. The summed E-state index contributed by atoms with van der Waals surface area (Å²) in [5.41, 5.74) is 4.25. The average Bonchev–Trinajstić information content (AvgIpc) is 3.61. The summed E-state index contributed by atoms with van der Waals surface area (Å²) in [6.45, 7) is 1.13. The van der Waals surface area contributed by atoms with E-state index in [0.29, 0.717) is 35.4 Å². The van der Waals surface area contributed by atoms with Gasteiger partial charge in [0.2, 0.25) is 5.95 Å². The number of imidazole rings is 1. The lowest BCUT2D eigenvalue weighted by atomic mass is 9.98. The van der Waals surface area contributed by atoms with E-state index in [0.717, 1.165) is 18.7 Å². The standard InChI is InChI=1S/C26H29N7O4/c34-13-19-21(35)22(36)25(37-19)33-14-29-20-23(30-16-6-2-1-3-7-16)31-26(32-24(20)33)27-11-10-15-12-28-18-9-5-4-8-17(15)18/h1-9,14-15,19,21-22,25,28,34-36H,10-13H2,(H2,27,30,31,32)/t15?,19-,21-,22-,25-/m1/s1. The van der Waals surface area contributed by atoms with E-state index < -0.39 is 31.1 Å². The zero-order valence-corrected chi connectivity index (χ0v) is 20.0. The van der Waals surface area contributed by atoms with Crippen LogP contribution in [0.3, 0.4) is 0 Å². The molecule has 1 fully saturated rings. The number of para-hydroxylation sites is 2. The molecule has 1 saturated heterocycles. The van der Waals surface area contributed by atoms with Crippen molar-refractivity contribution in [2.24, 2.45) is 0 Å². The third-order valence-corrected chi connectivity index (χ3v) is 6.96. The van der Waals surface area contributed by atoms with Crippen molar-refractivity contribution in [3.05, 3.63) is 66.5 Å². The molecule has 5 atom stereocenters. The SMILES string of the molecule is OC[C@H]1O[C@@H](n2cnc3c(Nc4ccccc4)nc(NCCC4CNc5ccccc54)nc32)[C@H](O)[C@@H]1O. The van der Waals surface area contributed by atoms with Gasteiger partial charge < -0.3 is 36.0 Å². The van der Waals surface area contributed by atoms with Crippen LogP contribution in [0, 0.1) is 0 Å². The molecule has 6 N–H and O–H groups in total. The van der Waals surface area contributed by atoms with Crippen LogP contribution < -0.4 is 16.0 Å². The largest absolute Gasteiger partial charge is 0.394 e. The second-order valence-corrected chi connectivity index (χ2v) is 9.32. The number of rotatable bonds is 8. The van der Waals surface area contributed by atoms with Gasteiger partial charge in [-0.2, -0.15) is 9.97 Å². The Bertz CT molecular complexity index is 1380. The second kappa shape index (κ2) is 9.94. The van der Waals surface area contributed by atoms with E-state index in [1.54, 1.807) is 4.57 Å². The average molecular weight is 504 g/mol. The van der Waals surface area contributed by atoms with Crippen LogP contribution in [0.25, 0.3) is 11.2 Å². The molecule has 2 aromatic heterocycles. The van der Waals surface area contributed by atoms with E-state index in [4.69, 9.17) is 9.72 Å². The van der Waals surface area contributed by atoms with Gasteiger partial charge in [-0.3, -0.25) is 4.57 Å². The summed E-state index contributed by atoms with van der Waals surface area (Å²) in [6, 6.07) is 18.0. The number of anilines is 4. The fraction of sp³-hybridized carbons (Fsp3) is 0.346. The number of aliphatic hydroxyl groups is 3. The van der Waals surface area contributed by atoms with Crippen molar-refractivity contribution in [1.82, 2.24) is 19.5 Å². The highest BCUT2D eigenvalue weighted by Gasteiger charge is 2.44. The Balaban J connectivity index is 1.29. The monoisotopic (exact) mass is 503 g/mol. The van der Waals surface area contributed by atoms with Gasteiger partial charge in [0.1, 0.15) is 18.3 Å². The molecule has 0 spiro atoms. The van der Waals surface area contributed by atoms with E-state index >= 15 is 0 Å². The lowest BCUT2D eigenvalue weighted by molar-refractivity contribution is -0.0511. The lowest BCUT2D eigenvalue weighted by Gasteiger charge is -2.17. The van der Waals surface area contributed by atoms with Crippen molar-refractivity contribution < 1.29 is 20.1 Å². The maximum Gasteiger partial charge on any atom is 0.226 e. The van der Waals surface area contributed by atoms with Crippen LogP contribution >= 0.6 is 0 Å². The third kappa shape index (κ3) is 4.46. The van der Waals surface area contributed by atoms with Crippen LogP contribution in [0.1, 0.15) is 24.1 Å². The number of fused-ring (bicyclic) bond motifs is 2. The Morgan fingerprint density at radius 1 is 1.03 bits per heavy atom. The summed E-state index contributed by atoms with van der Waals surface area (Å²) < 4.78 is 7.30. The molecule has 0 bridgehead atoms. The minimum Gasteiger partial charge on any atom is -0.394 e. The van der Waals surface area contributed by atoms with Crippen molar-refractivity contribution >= 4 is 34.3 Å². The Morgan fingerprint density at radius 3 is 2.65 bits per heavy atom. The molecule has 37 heavy (non-hydrogen) atoms. The predicted octanol–water partition coefficient (Wildman–Crippen LogP) is 2.19. The first-order valence-electron chi connectivity index (χ1n) is 12.4. The molecule has 6 rings (SSSR count). The van der Waals surface area contributed by atoms with E-state index in [1.807, 2.05) is 36.4 Å². The van der Waals surface area contributed by atoms with Crippen molar-refractivity contribution in [3.63, 3.8) is 0 Å². The van der Waals surface area contributed by atoms with Crippen LogP contribution in [0.15, 0.2) is 60.9 Å². The molecule has 0 amide bonds. The lowest BCUT2D eigenvalue weighted by Crippen LogP contribution is -2.33. The summed E-state index contributed by atoms with van der Waals surface area (Å²) in [5, 5.41) is 40.5. The minimum atomic E-state index is -1.25. The first-order valence-corrected chi connectivity index (χ1v) is 12.4. The highest BCUT2D eigenvalue weighted by molar-refractivity contribution is 5.86. The number of nitrogens with one attached hydrogen (secondary N) is 3. The van der Waals surface area contributed by atoms with E-state index in [1.165, 1.54) is 17.6 Å². The van der Waals surface area contributed by atoms with Gasteiger partial charge >= 0.3 is 0 Å². The second-order valence-electron chi connectivity index (χ2n) is 9.32. The summed E-state index contributed by atoms with van der Waals surface area (Å²) in [5.74, 6) is 1.29. The van der Waals surface area contributed by atoms with Crippen molar-refractivity contribution in [2.75, 3.05) is 35.6 Å². The van der Waals surface area contributed by atoms with Gasteiger partial charge in [-0.25, -0.2) is 4.98 Å². The normalized spacial score (nSPS) is 24.7. The van der Waals surface area contributed by atoms with Gasteiger partial charge in [-0.05, 0) is 30.2 Å². The Hall–Kier alpha value is -3.77. The topological polar surface area (TPSA) is 150 Å². The van der Waals surface area contributed by atoms with Gasteiger partial charge in [0.15, 0.2) is 23.2 Å². The number of ether oxygens (including phenoxy) is 1. The number of aliphatic hydroxyl groups excluding tert-OH is 3. The molecule has 4 heterocycles. The van der Waals surface area contributed by atoms with E-state index in [9.17, 15) is 15.3 Å². The molecule has 0 saturated carbocycles. The number of aromatic nitrogens is 4. The number of hydrogen-bond donors (Lipinski definition) is 6. The molecule has 2 aromatic carbocycles. The maximum absolute atomic E-state index is 10.6. The van der Waals surface area contributed by atoms with Crippen LogP contribution in [0.2, 0.25) is 0 Å². The van der Waals surface area contributed by atoms with Crippen molar-refractivity contribution in [1.29, 1.82) is 0 Å². The predicted molar refractivity (Wildman–Crippen MR) is 139 cm³/mol. The fourth-order valence-corrected chi connectivity index (χ4v) is 5.01. The van der Waals surface area contributed by atoms with Crippen molar-refractivity contribution in [2.45, 2.75) is 36.9 Å². The molecule has 0 aliphatic carbocycles. The van der Waals surface area contributed by atoms with Crippen LogP contribution in [-0.2, 0) is 4.74 Å². The summed E-state index contributed by atoms with van der Waals surface area (Å²) in [7, 11) is 0. The zero-order valence-electron chi connectivity index (χ0n) is 20.0. The minimum absolute atomic E-state index is 0.388. The van der Waals surface area contributed by atoms with Crippen molar-refractivity contribution in [3.8, 4) is 0 Å². The highest BCUT2D eigenvalue weighted by Crippen LogP contribution is 2.35. The number of hydrogen-bond acceptors (Lipinski definition) is 10. The number of nitrogens with zero attached hydrogens (tertiary/aromatic N) is 4. The highest BCUT2D eigenvalue weighted by atomic mass is 16.6. The Labute approximate surface area is 213 Å². The molecule has 0 radical (unpaired) electrons. The number of benzene rings is 2. The third-order valence-electron chi connectivity index (χ3n) is 6.96. The Morgan fingerprint density at radius 2 is 1.84 bits per heavy atom. The summed E-state index contributed by atoms with van der Waals surface area (Å²) >= 11 is 0. The van der Waals surface area contributed by atoms with Gasteiger partial charge in [0, 0.05) is 30.4 Å². The molecule has 11 heteroatoms. The molecule has 11 nitrogen and oxygen atoms in total. The van der Waals surface area contributed by atoms with Crippen LogP contribution in [0.5, 0.6) is 0 Å². The summed E-state index contributed by atoms with van der Waals surface area (Å²) in [6.07, 6.45) is -1.94. The van der Waals surface area contributed by atoms with Gasteiger partial charge in [0.05, 0.1) is 12.9 Å². The Kier molecular flexibility index (Phi) is 6.35. The summed E-state index contributed by atoms with van der Waals surface area (Å²) in [4.78, 5) is 13.9. The molecule has 2 aliphatic rings. The molecule has 4 aromatic rings. The first kappa shape index (κ1) is 23.6. The van der Waals surface area contributed by atoms with Gasteiger partial charge in [-0.15, -0.1) is 0 Å². The quantitative estimate of drug-likeness (QED) is 0.211. The van der Waals surface area contributed by atoms with Gasteiger partial charge in [-0.1, -0.05) is 36.4 Å². The van der Waals surface area contributed by atoms with Crippen LogP contribution in [0.4, 0.5) is 23.1 Å². The molecular weight excluding hydrogens is 474 g/mol. The fourth-order valence-electron chi connectivity index (χ4n) is 5.01. The maximum atomic E-state index is 10.6. The van der Waals surface area contributed by atoms with Crippen LogP contribution in [-0.4, -0.2) is 72.8 Å². The molecule has 1 unspecified atom stereocenters. The van der Waals surface area contributed by atoms with E-state index in [2.05, 4.69) is 44.1 Å². The van der Waals surface area contributed by atoms with Gasteiger partial charge in [0.25, 0.3) is 0 Å². The molecule has 2 aliphatic heterocycles. The molecular formula is C26H29N7O4. The van der Waals surface area contributed by atoms with E-state index in [-0.39, 0.29) is 0 Å².